The number of nitrogens with zero attached hydrogens (tertiary/aromatic N) is 2. The molecule has 0 heterocycles. The summed E-state index contributed by atoms with van der Waals surface area (Å²) < 4.78 is 29.4. The Hall–Kier alpha value is -4.43. The third-order valence-electron chi connectivity index (χ3n) is 7.30. The maximum Gasteiger partial charge on any atom is 0.264 e. The standard InChI is InChI=1S/C35H39N3O4S/c1-5-36-35(40)33(23-29-14-8-6-9-15-29)37(24-30-16-12-13-26(2)21-30)34(39)25-38(32-22-27(3)19-20-28(32)4)43(41,42)31-17-10-7-11-18-31/h6-22,33H,5,23-25H2,1-4H3,(H,36,40)/t33-/m0/s1. The molecule has 4 aromatic carbocycles. The third-order valence-corrected chi connectivity index (χ3v) is 9.07. The van der Waals surface area contributed by atoms with Crippen molar-refractivity contribution in [3.05, 3.63) is 131 Å². The molecule has 0 fully saturated rings. The molecule has 1 atom stereocenters. The summed E-state index contributed by atoms with van der Waals surface area (Å²) in [5.74, 6) is -0.773. The lowest BCUT2D eigenvalue weighted by molar-refractivity contribution is -0.140. The Morgan fingerprint density at radius 3 is 2.05 bits per heavy atom. The number of anilines is 1. The summed E-state index contributed by atoms with van der Waals surface area (Å²) in [4.78, 5) is 29.7. The van der Waals surface area contributed by atoms with E-state index in [0.29, 0.717) is 17.8 Å². The van der Waals surface area contributed by atoms with E-state index < -0.39 is 28.5 Å². The van der Waals surface area contributed by atoms with E-state index in [1.54, 1.807) is 24.3 Å². The van der Waals surface area contributed by atoms with Crippen LogP contribution < -0.4 is 9.62 Å². The van der Waals surface area contributed by atoms with Gasteiger partial charge in [0.05, 0.1) is 10.6 Å². The lowest BCUT2D eigenvalue weighted by Crippen LogP contribution is -2.53. The SMILES string of the molecule is CCNC(=O)[C@H](Cc1ccccc1)N(Cc1cccc(C)c1)C(=O)CN(c1cc(C)ccc1C)S(=O)(=O)c1ccccc1. The van der Waals surface area contributed by atoms with Crippen LogP contribution >= 0.6 is 0 Å². The summed E-state index contributed by atoms with van der Waals surface area (Å²) in [5.41, 5.74) is 4.76. The van der Waals surface area contributed by atoms with Crippen molar-refractivity contribution in [2.24, 2.45) is 0 Å². The quantitative estimate of drug-likeness (QED) is 0.231. The summed E-state index contributed by atoms with van der Waals surface area (Å²) in [6, 6.07) is 30.1. The molecule has 4 aromatic rings. The number of nitrogens with one attached hydrogen (secondary N) is 1. The van der Waals surface area contributed by atoms with Gasteiger partial charge in [0.15, 0.2) is 0 Å². The van der Waals surface area contributed by atoms with Gasteiger partial charge in [0.2, 0.25) is 11.8 Å². The Morgan fingerprint density at radius 2 is 1.40 bits per heavy atom. The van der Waals surface area contributed by atoms with Crippen molar-refractivity contribution in [1.29, 1.82) is 0 Å². The van der Waals surface area contributed by atoms with Crippen LogP contribution in [0.5, 0.6) is 0 Å². The molecule has 8 heteroatoms. The molecule has 224 valence electrons. The average molecular weight is 598 g/mol. The fourth-order valence-corrected chi connectivity index (χ4v) is 6.57. The van der Waals surface area contributed by atoms with Gasteiger partial charge < -0.3 is 10.2 Å². The lowest BCUT2D eigenvalue weighted by atomic mass is 10.0. The van der Waals surface area contributed by atoms with Crippen LogP contribution in [0.3, 0.4) is 0 Å². The van der Waals surface area contributed by atoms with Crippen molar-refractivity contribution < 1.29 is 18.0 Å². The highest BCUT2D eigenvalue weighted by molar-refractivity contribution is 7.92. The molecule has 0 aliphatic heterocycles. The fraction of sp³-hybridized carbons (Fsp3) is 0.257. The van der Waals surface area contributed by atoms with Crippen LogP contribution in [-0.2, 0) is 32.6 Å². The molecule has 0 aliphatic rings. The molecule has 4 rings (SSSR count). The first kappa shape index (κ1) is 31.5. The van der Waals surface area contributed by atoms with Gasteiger partial charge in [0.25, 0.3) is 10.0 Å². The summed E-state index contributed by atoms with van der Waals surface area (Å²) in [5, 5.41) is 2.89. The highest BCUT2D eigenvalue weighted by atomic mass is 32.2. The Labute approximate surface area is 255 Å². The molecule has 43 heavy (non-hydrogen) atoms. The number of carbonyl (C=O) groups excluding carboxylic acids is 2. The van der Waals surface area contributed by atoms with Crippen LogP contribution in [0.25, 0.3) is 0 Å². The van der Waals surface area contributed by atoms with E-state index >= 15 is 0 Å². The molecule has 0 aliphatic carbocycles. The van der Waals surface area contributed by atoms with E-state index in [1.165, 1.54) is 21.3 Å². The van der Waals surface area contributed by atoms with Gasteiger partial charge in [-0.3, -0.25) is 13.9 Å². The van der Waals surface area contributed by atoms with E-state index in [9.17, 15) is 18.0 Å². The number of hydrogen-bond acceptors (Lipinski definition) is 4. The van der Waals surface area contributed by atoms with E-state index in [2.05, 4.69) is 5.32 Å². The predicted octanol–water partition coefficient (Wildman–Crippen LogP) is 5.58. The monoisotopic (exact) mass is 597 g/mol. The zero-order valence-electron chi connectivity index (χ0n) is 25.2. The van der Waals surface area contributed by atoms with E-state index in [4.69, 9.17) is 0 Å². The lowest BCUT2D eigenvalue weighted by Gasteiger charge is -2.34. The summed E-state index contributed by atoms with van der Waals surface area (Å²) >= 11 is 0. The number of sulfonamides is 1. The van der Waals surface area contributed by atoms with Gasteiger partial charge in [0, 0.05) is 19.5 Å². The number of likely N-dealkylation sites (N-methyl/N-ethyl adjacent to an activating group) is 1. The van der Waals surface area contributed by atoms with E-state index in [0.717, 1.165) is 22.3 Å². The number of amides is 2. The van der Waals surface area contributed by atoms with Gasteiger partial charge >= 0.3 is 0 Å². The van der Waals surface area contributed by atoms with Crippen molar-refractivity contribution in [2.45, 2.75) is 51.6 Å². The smallest absolute Gasteiger partial charge is 0.264 e. The second-order valence-electron chi connectivity index (χ2n) is 10.7. The number of rotatable bonds is 12. The summed E-state index contributed by atoms with van der Waals surface area (Å²) in [6.45, 7) is 7.57. The Balaban J connectivity index is 1.82. The number of benzene rings is 4. The first-order valence-corrected chi connectivity index (χ1v) is 15.9. The maximum atomic E-state index is 14.5. The zero-order chi connectivity index (χ0) is 31.0. The number of carbonyl (C=O) groups is 2. The Kier molecular flexibility index (Phi) is 10.4. The molecule has 0 spiro atoms. The summed E-state index contributed by atoms with van der Waals surface area (Å²) in [7, 11) is -4.13. The average Bonchev–Trinajstić information content (AvgIpc) is 3.00. The zero-order valence-corrected chi connectivity index (χ0v) is 26.0. The van der Waals surface area contributed by atoms with Crippen molar-refractivity contribution in [2.75, 3.05) is 17.4 Å². The van der Waals surface area contributed by atoms with Gasteiger partial charge in [-0.05, 0) is 68.1 Å². The maximum absolute atomic E-state index is 14.5. The van der Waals surface area contributed by atoms with Gasteiger partial charge in [-0.1, -0.05) is 90.5 Å². The van der Waals surface area contributed by atoms with Gasteiger partial charge in [-0.15, -0.1) is 0 Å². The molecule has 0 aromatic heterocycles. The molecule has 0 saturated heterocycles. The van der Waals surface area contributed by atoms with Gasteiger partial charge in [0.1, 0.15) is 12.6 Å². The molecular formula is C35H39N3O4S. The van der Waals surface area contributed by atoms with Crippen molar-refractivity contribution in [1.82, 2.24) is 10.2 Å². The Morgan fingerprint density at radius 1 is 0.767 bits per heavy atom. The molecule has 0 saturated carbocycles. The molecule has 1 N–H and O–H groups in total. The molecular weight excluding hydrogens is 558 g/mol. The fourth-order valence-electron chi connectivity index (χ4n) is 5.07. The Bertz CT molecular complexity index is 1660. The van der Waals surface area contributed by atoms with Crippen LogP contribution in [0.2, 0.25) is 0 Å². The van der Waals surface area contributed by atoms with Crippen molar-refractivity contribution in [3.63, 3.8) is 0 Å². The second kappa shape index (κ2) is 14.2. The van der Waals surface area contributed by atoms with Crippen LogP contribution in [-0.4, -0.2) is 44.3 Å². The molecule has 7 nitrogen and oxygen atoms in total. The topological polar surface area (TPSA) is 86.8 Å². The van der Waals surface area contributed by atoms with Crippen LogP contribution in [0, 0.1) is 20.8 Å². The highest BCUT2D eigenvalue weighted by Crippen LogP contribution is 2.29. The van der Waals surface area contributed by atoms with Gasteiger partial charge in [-0.25, -0.2) is 8.42 Å². The van der Waals surface area contributed by atoms with Crippen LogP contribution in [0.4, 0.5) is 5.69 Å². The third kappa shape index (κ3) is 7.90. The normalized spacial score (nSPS) is 11.9. The molecule has 0 unspecified atom stereocenters. The minimum Gasteiger partial charge on any atom is -0.355 e. The van der Waals surface area contributed by atoms with Crippen LogP contribution in [0.1, 0.15) is 34.7 Å². The highest BCUT2D eigenvalue weighted by Gasteiger charge is 2.35. The van der Waals surface area contributed by atoms with E-state index in [1.807, 2.05) is 94.4 Å². The summed E-state index contributed by atoms with van der Waals surface area (Å²) in [6.07, 6.45) is 0.277. The van der Waals surface area contributed by atoms with Crippen molar-refractivity contribution >= 4 is 27.5 Å². The minimum atomic E-state index is -4.13. The number of hydrogen-bond donors (Lipinski definition) is 1. The van der Waals surface area contributed by atoms with E-state index in [-0.39, 0.29) is 23.8 Å². The predicted molar refractivity (Wildman–Crippen MR) is 171 cm³/mol. The molecule has 0 bridgehead atoms. The largest absolute Gasteiger partial charge is 0.355 e. The van der Waals surface area contributed by atoms with Gasteiger partial charge in [-0.2, -0.15) is 0 Å². The first-order valence-electron chi connectivity index (χ1n) is 14.4. The van der Waals surface area contributed by atoms with Crippen LogP contribution in [0.15, 0.2) is 108 Å². The number of aryl methyl sites for hydroxylation is 3. The minimum absolute atomic E-state index is 0.0819. The first-order chi connectivity index (χ1) is 20.6. The second-order valence-corrected chi connectivity index (χ2v) is 12.6. The van der Waals surface area contributed by atoms with Crippen molar-refractivity contribution in [3.8, 4) is 0 Å². The molecule has 0 radical (unpaired) electrons. The molecule has 2 amide bonds.